The summed E-state index contributed by atoms with van der Waals surface area (Å²) >= 11 is 0. The van der Waals surface area contributed by atoms with E-state index in [9.17, 15) is 0 Å². The Morgan fingerprint density at radius 3 is 2.60 bits per heavy atom. The van der Waals surface area contributed by atoms with E-state index in [1.165, 1.54) is 0 Å². The molecule has 1 aromatic heterocycles. The third kappa shape index (κ3) is 3.57. The van der Waals surface area contributed by atoms with E-state index in [2.05, 4.69) is 15.3 Å². The topological polar surface area (TPSA) is 58.0 Å². The van der Waals surface area contributed by atoms with Crippen molar-refractivity contribution in [2.45, 2.75) is 39.8 Å². The largest absolute Gasteiger partial charge is 0.392 e. The van der Waals surface area contributed by atoms with Gasteiger partial charge in [0, 0.05) is 30.0 Å². The van der Waals surface area contributed by atoms with Crippen LogP contribution in [0.4, 0.5) is 0 Å². The van der Waals surface area contributed by atoms with E-state index >= 15 is 0 Å². The fourth-order valence-corrected chi connectivity index (χ4v) is 1.47. The van der Waals surface area contributed by atoms with Gasteiger partial charge in [0.25, 0.3) is 0 Å². The van der Waals surface area contributed by atoms with Gasteiger partial charge < -0.3 is 10.4 Å². The van der Waals surface area contributed by atoms with Gasteiger partial charge in [-0.2, -0.15) is 0 Å². The van der Waals surface area contributed by atoms with Gasteiger partial charge in [-0.05, 0) is 27.7 Å². The molecule has 0 aromatic carbocycles. The molecule has 0 saturated carbocycles. The maximum Gasteiger partial charge on any atom is 0.125 e. The van der Waals surface area contributed by atoms with Crippen molar-refractivity contribution in [1.82, 2.24) is 15.3 Å². The van der Waals surface area contributed by atoms with Crippen LogP contribution >= 0.6 is 0 Å². The van der Waals surface area contributed by atoms with E-state index < -0.39 is 0 Å². The maximum atomic E-state index is 9.17. The first-order valence-electron chi connectivity index (χ1n) is 5.22. The molecule has 0 aliphatic rings. The Labute approximate surface area is 90.8 Å². The van der Waals surface area contributed by atoms with Crippen LogP contribution in [0.1, 0.15) is 37.0 Å². The molecule has 0 fully saturated rings. The molecule has 0 radical (unpaired) electrons. The van der Waals surface area contributed by atoms with Crippen molar-refractivity contribution in [3.63, 3.8) is 0 Å². The highest BCUT2D eigenvalue weighted by Crippen LogP contribution is 2.14. The molecule has 2 atom stereocenters. The monoisotopic (exact) mass is 209 g/mol. The molecule has 84 valence electrons. The lowest BCUT2D eigenvalue weighted by Crippen LogP contribution is -2.27. The molecule has 0 saturated heterocycles. The number of hydrogen-bond donors (Lipinski definition) is 2. The summed E-state index contributed by atoms with van der Waals surface area (Å²) in [7, 11) is 0. The highest BCUT2D eigenvalue weighted by molar-refractivity contribution is 5.19. The Morgan fingerprint density at radius 2 is 2.07 bits per heavy atom. The molecule has 0 bridgehead atoms. The summed E-state index contributed by atoms with van der Waals surface area (Å²) in [6, 6.07) is 0.167. The van der Waals surface area contributed by atoms with Crippen LogP contribution in [-0.2, 0) is 0 Å². The SMILES string of the molecule is Cc1ncc(C(C)NCC(C)O)c(C)n1. The second kappa shape index (κ2) is 5.19. The lowest BCUT2D eigenvalue weighted by Gasteiger charge is -2.16. The van der Waals surface area contributed by atoms with Crippen LogP contribution in [0.5, 0.6) is 0 Å². The van der Waals surface area contributed by atoms with Gasteiger partial charge in [0.15, 0.2) is 0 Å². The summed E-state index contributed by atoms with van der Waals surface area (Å²) in [5, 5.41) is 12.4. The lowest BCUT2D eigenvalue weighted by molar-refractivity contribution is 0.187. The van der Waals surface area contributed by atoms with Gasteiger partial charge in [-0.1, -0.05) is 0 Å². The number of aliphatic hydroxyl groups is 1. The van der Waals surface area contributed by atoms with Crippen LogP contribution in [0, 0.1) is 13.8 Å². The van der Waals surface area contributed by atoms with Crippen LogP contribution in [-0.4, -0.2) is 27.7 Å². The minimum absolute atomic E-state index is 0.167. The number of aliphatic hydroxyl groups excluding tert-OH is 1. The molecule has 1 heterocycles. The smallest absolute Gasteiger partial charge is 0.125 e. The van der Waals surface area contributed by atoms with Crippen molar-refractivity contribution in [2.75, 3.05) is 6.54 Å². The van der Waals surface area contributed by atoms with E-state index in [0.717, 1.165) is 17.1 Å². The standard InChI is InChI=1S/C11H19N3O/c1-7(15)5-12-8(2)11-6-13-10(4)14-9(11)3/h6-8,12,15H,5H2,1-4H3. The van der Waals surface area contributed by atoms with Crippen LogP contribution in [0.25, 0.3) is 0 Å². The average molecular weight is 209 g/mol. The van der Waals surface area contributed by atoms with Crippen molar-refractivity contribution in [2.24, 2.45) is 0 Å². The lowest BCUT2D eigenvalue weighted by atomic mass is 10.1. The van der Waals surface area contributed by atoms with Gasteiger partial charge in [-0.15, -0.1) is 0 Å². The normalized spacial score (nSPS) is 15.0. The van der Waals surface area contributed by atoms with E-state index in [4.69, 9.17) is 5.11 Å². The molecule has 4 heteroatoms. The summed E-state index contributed by atoms with van der Waals surface area (Å²) in [4.78, 5) is 8.48. The van der Waals surface area contributed by atoms with Gasteiger partial charge in [-0.25, -0.2) is 9.97 Å². The zero-order valence-corrected chi connectivity index (χ0v) is 9.78. The highest BCUT2D eigenvalue weighted by atomic mass is 16.3. The summed E-state index contributed by atoms with van der Waals surface area (Å²) in [6.45, 7) is 8.24. The molecule has 15 heavy (non-hydrogen) atoms. The quantitative estimate of drug-likeness (QED) is 0.780. The zero-order valence-electron chi connectivity index (χ0n) is 9.78. The number of aromatic nitrogens is 2. The first kappa shape index (κ1) is 12.1. The molecule has 2 N–H and O–H groups in total. The van der Waals surface area contributed by atoms with Crippen LogP contribution in [0.2, 0.25) is 0 Å². The van der Waals surface area contributed by atoms with Crippen LogP contribution in [0.3, 0.4) is 0 Å². The second-order valence-electron chi connectivity index (χ2n) is 3.94. The molecule has 0 spiro atoms. The summed E-state index contributed by atoms with van der Waals surface area (Å²) in [5.41, 5.74) is 2.08. The Balaban J connectivity index is 2.69. The molecular formula is C11H19N3O. The predicted octanol–water partition coefficient (Wildman–Crippen LogP) is 1.12. The Bertz CT molecular complexity index is 326. The summed E-state index contributed by atoms with van der Waals surface area (Å²) in [6.07, 6.45) is 1.51. The Morgan fingerprint density at radius 1 is 1.40 bits per heavy atom. The van der Waals surface area contributed by atoms with Gasteiger partial charge in [-0.3, -0.25) is 0 Å². The van der Waals surface area contributed by atoms with E-state index in [1.54, 1.807) is 6.92 Å². The van der Waals surface area contributed by atoms with Gasteiger partial charge in [0.2, 0.25) is 0 Å². The first-order chi connectivity index (χ1) is 7.00. The second-order valence-corrected chi connectivity index (χ2v) is 3.94. The fourth-order valence-electron chi connectivity index (χ4n) is 1.47. The molecule has 2 unspecified atom stereocenters. The molecule has 4 nitrogen and oxygen atoms in total. The fraction of sp³-hybridized carbons (Fsp3) is 0.636. The third-order valence-electron chi connectivity index (χ3n) is 2.32. The Kier molecular flexibility index (Phi) is 4.17. The van der Waals surface area contributed by atoms with Crippen molar-refractivity contribution in [3.05, 3.63) is 23.3 Å². The number of hydrogen-bond acceptors (Lipinski definition) is 4. The van der Waals surface area contributed by atoms with E-state index in [0.29, 0.717) is 6.54 Å². The van der Waals surface area contributed by atoms with Crippen molar-refractivity contribution in [1.29, 1.82) is 0 Å². The van der Waals surface area contributed by atoms with E-state index in [1.807, 2.05) is 27.0 Å². The minimum atomic E-state index is -0.334. The first-order valence-corrected chi connectivity index (χ1v) is 5.22. The van der Waals surface area contributed by atoms with Crippen molar-refractivity contribution in [3.8, 4) is 0 Å². The molecule has 1 rings (SSSR count). The van der Waals surface area contributed by atoms with Gasteiger partial charge >= 0.3 is 0 Å². The van der Waals surface area contributed by atoms with Crippen LogP contribution in [0.15, 0.2) is 6.20 Å². The maximum absolute atomic E-state index is 9.17. The number of rotatable bonds is 4. The van der Waals surface area contributed by atoms with Crippen molar-refractivity contribution < 1.29 is 5.11 Å². The van der Waals surface area contributed by atoms with Crippen molar-refractivity contribution >= 4 is 0 Å². The summed E-state index contributed by atoms with van der Waals surface area (Å²) in [5.74, 6) is 0.791. The van der Waals surface area contributed by atoms with E-state index in [-0.39, 0.29) is 12.1 Å². The molecule has 1 aromatic rings. The van der Waals surface area contributed by atoms with Gasteiger partial charge in [0.1, 0.15) is 5.82 Å². The minimum Gasteiger partial charge on any atom is -0.392 e. The number of nitrogens with one attached hydrogen (secondary N) is 1. The third-order valence-corrected chi connectivity index (χ3v) is 2.32. The van der Waals surface area contributed by atoms with Crippen LogP contribution < -0.4 is 5.32 Å². The van der Waals surface area contributed by atoms with Gasteiger partial charge in [0.05, 0.1) is 6.10 Å². The molecule has 0 amide bonds. The highest BCUT2D eigenvalue weighted by Gasteiger charge is 2.10. The number of aryl methyl sites for hydroxylation is 2. The molecular weight excluding hydrogens is 190 g/mol. The zero-order chi connectivity index (χ0) is 11.4. The average Bonchev–Trinajstić information content (AvgIpc) is 2.14. The predicted molar refractivity (Wildman–Crippen MR) is 59.6 cm³/mol. The molecule has 0 aliphatic heterocycles. The number of nitrogens with zero attached hydrogens (tertiary/aromatic N) is 2. The summed E-state index contributed by atoms with van der Waals surface area (Å²) < 4.78 is 0. The molecule has 0 aliphatic carbocycles. The Hall–Kier alpha value is -1.00.